The van der Waals surface area contributed by atoms with Crippen LogP contribution in [0.25, 0.3) is 0 Å². The highest BCUT2D eigenvalue weighted by Crippen LogP contribution is 2.36. The molecule has 1 atom stereocenters. The molecule has 1 saturated heterocycles. The Hall–Kier alpha value is -1.95. The maximum Gasteiger partial charge on any atom is 0.227 e. The summed E-state index contributed by atoms with van der Waals surface area (Å²) in [5.41, 5.74) is 7.00. The lowest BCUT2D eigenvalue weighted by atomic mass is 10.1. The highest BCUT2D eigenvalue weighted by molar-refractivity contribution is 5.94. The Bertz CT molecular complexity index is 527. The summed E-state index contributed by atoms with van der Waals surface area (Å²) in [6, 6.07) is 3.42. The monoisotopic (exact) mass is 292 g/mol. The van der Waals surface area contributed by atoms with Crippen LogP contribution in [-0.4, -0.2) is 31.8 Å². The van der Waals surface area contributed by atoms with Gasteiger partial charge < -0.3 is 25.3 Å². The Morgan fingerprint density at radius 1 is 1.19 bits per heavy atom. The highest BCUT2D eigenvalue weighted by atomic mass is 16.5. The van der Waals surface area contributed by atoms with Gasteiger partial charge in [0.1, 0.15) is 0 Å². The van der Waals surface area contributed by atoms with E-state index in [0.29, 0.717) is 42.5 Å². The fourth-order valence-electron chi connectivity index (χ4n) is 2.55. The van der Waals surface area contributed by atoms with Crippen LogP contribution in [0.3, 0.4) is 0 Å². The third kappa shape index (κ3) is 3.39. The average Bonchev–Trinajstić information content (AvgIpc) is 2.85. The highest BCUT2D eigenvalue weighted by Gasteiger charge is 2.20. The zero-order valence-electron chi connectivity index (χ0n) is 11.9. The summed E-state index contributed by atoms with van der Waals surface area (Å²) in [5, 5.41) is 2.83. The molecule has 21 heavy (non-hydrogen) atoms. The molecule has 6 nitrogen and oxygen atoms in total. The van der Waals surface area contributed by atoms with E-state index in [9.17, 15) is 4.79 Å². The Morgan fingerprint density at radius 3 is 2.67 bits per heavy atom. The minimum absolute atomic E-state index is 0.0200. The molecule has 1 unspecified atom stereocenters. The number of carbonyl (C=O) groups excluding carboxylic acids is 1. The summed E-state index contributed by atoms with van der Waals surface area (Å²) in [6.45, 7) is 1.95. The molecule has 114 valence electrons. The molecule has 0 saturated carbocycles. The lowest BCUT2D eigenvalue weighted by Crippen LogP contribution is -2.19. The summed E-state index contributed by atoms with van der Waals surface area (Å²) in [4.78, 5) is 12.0. The van der Waals surface area contributed by atoms with Gasteiger partial charge in [-0.2, -0.15) is 0 Å². The molecular formula is C15H20N2O4. The van der Waals surface area contributed by atoms with Crippen LogP contribution in [0.5, 0.6) is 11.5 Å². The fraction of sp³-hybridized carbons (Fsp3) is 0.533. The van der Waals surface area contributed by atoms with Gasteiger partial charge in [0.15, 0.2) is 11.5 Å². The Kier molecular flexibility index (Phi) is 4.15. The predicted molar refractivity (Wildman–Crippen MR) is 78.7 cm³/mol. The molecule has 0 aromatic heterocycles. The summed E-state index contributed by atoms with van der Waals surface area (Å²) in [6.07, 6.45) is 3.16. The molecule has 2 aliphatic heterocycles. The lowest BCUT2D eigenvalue weighted by molar-refractivity contribution is -0.118. The minimum atomic E-state index is -0.0944. The molecule has 1 amide bonds. The quantitative estimate of drug-likeness (QED) is 0.832. The molecule has 0 spiro atoms. The number of amides is 1. The van der Waals surface area contributed by atoms with Crippen molar-refractivity contribution in [1.82, 2.24) is 0 Å². The molecule has 0 aliphatic carbocycles. The molecule has 3 N–H and O–H groups in total. The minimum Gasteiger partial charge on any atom is -0.489 e. The zero-order chi connectivity index (χ0) is 14.7. The van der Waals surface area contributed by atoms with Crippen LogP contribution in [0.1, 0.15) is 25.7 Å². The van der Waals surface area contributed by atoms with E-state index in [4.69, 9.17) is 19.9 Å². The van der Waals surface area contributed by atoms with E-state index in [0.717, 1.165) is 25.9 Å². The van der Waals surface area contributed by atoms with Gasteiger partial charge in [-0.25, -0.2) is 0 Å². The number of fused-ring (bicyclic) bond motifs is 1. The third-order valence-electron chi connectivity index (χ3n) is 3.63. The fourth-order valence-corrected chi connectivity index (χ4v) is 2.55. The predicted octanol–water partition coefficient (Wildman–Crippen LogP) is 1.94. The van der Waals surface area contributed by atoms with Crippen molar-refractivity contribution in [3.8, 4) is 11.5 Å². The summed E-state index contributed by atoms with van der Waals surface area (Å²) >= 11 is 0. The topological polar surface area (TPSA) is 82.8 Å². The van der Waals surface area contributed by atoms with Gasteiger partial charge in [0.05, 0.1) is 37.1 Å². The summed E-state index contributed by atoms with van der Waals surface area (Å²) in [7, 11) is 0. The van der Waals surface area contributed by atoms with E-state index in [2.05, 4.69) is 5.32 Å². The van der Waals surface area contributed by atoms with Crippen LogP contribution >= 0.6 is 0 Å². The van der Waals surface area contributed by atoms with Crippen LogP contribution in [-0.2, 0) is 9.53 Å². The number of hydrogen-bond acceptors (Lipinski definition) is 5. The van der Waals surface area contributed by atoms with Crippen LogP contribution in [0, 0.1) is 0 Å². The van der Waals surface area contributed by atoms with Crippen molar-refractivity contribution in [2.45, 2.75) is 31.8 Å². The van der Waals surface area contributed by atoms with Crippen molar-refractivity contribution in [1.29, 1.82) is 0 Å². The number of nitrogens with one attached hydrogen (secondary N) is 1. The second kappa shape index (κ2) is 6.22. The molecule has 0 bridgehead atoms. The van der Waals surface area contributed by atoms with Gasteiger partial charge in [-0.3, -0.25) is 4.79 Å². The van der Waals surface area contributed by atoms with Crippen LogP contribution in [0.2, 0.25) is 0 Å². The average molecular weight is 292 g/mol. The van der Waals surface area contributed by atoms with Crippen molar-refractivity contribution < 1.29 is 19.0 Å². The van der Waals surface area contributed by atoms with E-state index in [1.165, 1.54) is 0 Å². The van der Waals surface area contributed by atoms with Crippen LogP contribution in [0.15, 0.2) is 12.1 Å². The number of benzene rings is 1. The normalized spacial score (nSPS) is 20.9. The number of nitrogen functional groups attached to an aromatic ring is 1. The molecule has 0 radical (unpaired) electrons. The first-order chi connectivity index (χ1) is 10.2. The standard InChI is InChI=1S/C15H20N2O4/c16-11-8-13-14(21-6-2-5-20-13)9-12(11)17-15(18)7-10-3-1-4-19-10/h8-10H,1-7,16H2,(H,17,18). The van der Waals surface area contributed by atoms with Crippen molar-refractivity contribution in [2.75, 3.05) is 30.9 Å². The molecule has 1 aromatic carbocycles. The first-order valence-corrected chi connectivity index (χ1v) is 7.33. The Labute approximate surface area is 123 Å². The number of hydrogen-bond donors (Lipinski definition) is 2. The third-order valence-corrected chi connectivity index (χ3v) is 3.63. The van der Waals surface area contributed by atoms with Crippen molar-refractivity contribution in [2.24, 2.45) is 0 Å². The first kappa shape index (κ1) is 14.0. The Morgan fingerprint density at radius 2 is 1.95 bits per heavy atom. The molecule has 1 aromatic rings. The van der Waals surface area contributed by atoms with E-state index in [-0.39, 0.29) is 12.0 Å². The molecular weight excluding hydrogens is 272 g/mol. The smallest absolute Gasteiger partial charge is 0.227 e. The molecule has 2 aliphatic rings. The second-order valence-electron chi connectivity index (χ2n) is 5.32. The van der Waals surface area contributed by atoms with E-state index < -0.39 is 0 Å². The van der Waals surface area contributed by atoms with E-state index in [1.807, 2.05) is 0 Å². The number of carbonyl (C=O) groups is 1. The maximum atomic E-state index is 12.0. The van der Waals surface area contributed by atoms with Gasteiger partial charge in [-0.15, -0.1) is 0 Å². The van der Waals surface area contributed by atoms with Crippen LogP contribution in [0.4, 0.5) is 11.4 Å². The van der Waals surface area contributed by atoms with Gasteiger partial charge >= 0.3 is 0 Å². The number of ether oxygens (including phenoxy) is 3. The van der Waals surface area contributed by atoms with Gasteiger partial charge in [0.25, 0.3) is 0 Å². The number of rotatable bonds is 3. The van der Waals surface area contributed by atoms with Crippen molar-refractivity contribution in [3.05, 3.63) is 12.1 Å². The van der Waals surface area contributed by atoms with E-state index >= 15 is 0 Å². The number of nitrogens with two attached hydrogens (primary N) is 1. The summed E-state index contributed by atoms with van der Waals surface area (Å²) < 4.78 is 16.6. The molecule has 6 heteroatoms. The zero-order valence-corrected chi connectivity index (χ0v) is 11.9. The molecule has 1 fully saturated rings. The van der Waals surface area contributed by atoms with Gasteiger partial charge in [-0.1, -0.05) is 0 Å². The van der Waals surface area contributed by atoms with Crippen LogP contribution < -0.4 is 20.5 Å². The molecule has 2 heterocycles. The van der Waals surface area contributed by atoms with Crippen molar-refractivity contribution in [3.63, 3.8) is 0 Å². The first-order valence-electron chi connectivity index (χ1n) is 7.33. The summed E-state index contributed by atoms with van der Waals surface area (Å²) in [5.74, 6) is 1.15. The van der Waals surface area contributed by atoms with Gasteiger partial charge in [0, 0.05) is 25.2 Å². The SMILES string of the molecule is Nc1cc2c(cc1NC(=O)CC1CCCO1)OCCCO2. The van der Waals surface area contributed by atoms with Crippen molar-refractivity contribution >= 4 is 17.3 Å². The lowest BCUT2D eigenvalue weighted by Gasteiger charge is -2.14. The largest absolute Gasteiger partial charge is 0.489 e. The molecule has 3 rings (SSSR count). The second-order valence-corrected chi connectivity index (χ2v) is 5.32. The maximum absolute atomic E-state index is 12.0. The van der Waals surface area contributed by atoms with Gasteiger partial charge in [0.2, 0.25) is 5.91 Å². The number of anilines is 2. The van der Waals surface area contributed by atoms with Gasteiger partial charge in [-0.05, 0) is 12.8 Å². The van der Waals surface area contributed by atoms with E-state index in [1.54, 1.807) is 12.1 Å². The Balaban J connectivity index is 1.69.